The van der Waals surface area contributed by atoms with Crippen LogP contribution < -0.4 is 9.44 Å². The van der Waals surface area contributed by atoms with Crippen molar-refractivity contribution in [3.05, 3.63) is 89.6 Å². The number of sulfonamides is 2. The largest absolute Gasteiger partial charge is 0.464 e. The lowest BCUT2D eigenvalue weighted by molar-refractivity contribution is 0.582. The van der Waals surface area contributed by atoms with Crippen LogP contribution in [0.25, 0.3) is 22.4 Å². The molecule has 11 nitrogen and oxygen atoms in total. The first-order valence-electron chi connectivity index (χ1n) is 11.3. The van der Waals surface area contributed by atoms with Gasteiger partial charge in [0.05, 0.1) is 30.1 Å². The molecule has 2 N–H and O–H groups in total. The Morgan fingerprint density at radius 3 is 2.28 bits per heavy atom. The average molecular weight is 599 g/mol. The Balaban J connectivity index is 1.33. The Bertz CT molecular complexity index is 1970. The molecule has 39 heavy (non-hydrogen) atoms. The maximum Gasteiger partial charge on any atom is 0.273 e. The molecule has 5 aromatic heterocycles. The lowest BCUT2D eigenvalue weighted by atomic mass is 10.1. The molecular formula is C24H18N6O5S4. The van der Waals surface area contributed by atoms with Gasteiger partial charge in [-0.25, -0.2) is 31.2 Å². The summed E-state index contributed by atoms with van der Waals surface area (Å²) in [5.41, 5.74) is 2.04. The molecule has 0 aliphatic rings. The summed E-state index contributed by atoms with van der Waals surface area (Å²) < 4.78 is 63.7. The first-order chi connectivity index (χ1) is 18.8. The molecular weight excluding hydrogens is 581 g/mol. The molecule has 0 unspecified atom stereocenters. The van der Waals surface area contributed by atoms with Crippen molar-refractivity contribution in [2.24, 2.45) is 0 Å². The molecule has 198 valence electrons. The monoisotopic (exact) mass is 598 g/mol. The number of hydrogen-bond donors (Lipinski definition) is 2. The SMILES string of the molecule is O=S(=O)(Nc1ncc2cnn(Cc3ccc(-c4ccco4)c(NS(=O)(=O)c4cccs4)c3)c2n1)c1cccs1. The summed E-state index contributed by atoms with van der Waals surface area (Å²) in [6, 6.07) is 15.1. The topological polar surface area (TPSA) is 149 Å². The summed E-state index contributed by atoms with van der Waals surface area (Å²) in [4.78, 5) is 8.48. The van der Waals surface area contributed by atoms with Gasteiger partial charge < -0.3 is 4.42 Å². The van der Waals surface area contributed by atoms with Gasteiger partial charge in [0.15, 0.2) is 5.65 Å². The van der Waals surface area contributed by atoms with Gasteiger partial charge in [-0.05, 0) is 52.7 Å². The number of nitrogens with zero attached hydrogens (tertiary/aromatic N) is 4. The Labute approximate surface area is 230 Å². The van der Waals surface area contributed by atoms with Gasteiger partial charge in [-0.2, -0.15) is 10.1 Å². The summed E-state index contributed by atoms with van der Waals surface area (Å²) in [6.07, 6.45) is 4.57. The van der Waals surface area contributed by atoms with Gasteiger partial charge in [-0.15, -0.1) is 22.7 Å². The molecule has 6 aromatic rings. The predicted molar refractivity (Wildman–Crippen MR) is 149 cm³/mol. The van der Waals surface area contributed by atoms with Crippen molar-refractivity contribution in [1.29, 1.82) is 0 Å². The zero-order chi connectivity index (χ0) is 27.0. The number of hydrogen-bond acceptors (Lipinski definition) is 10. The van der Waals surface area contributed by atoms with Gasteiger partial charge in [0.2, 0.25) is 5.95 Å². The fourth-order valence-electron chi connectivity index (χ4n) is 3.82. The van der Waals surface area contributed by atoms with E-state index in [1.807, 2.05) is 6.07 Å². The van der Waals surface area contributed by atoms with Crippen LogP contribution in [0.2, 0.25) is 0 Å². The minimum atomic E-state index is -3.82. The molecule has 0 atom stereocenters. The molecule has 0 aliphatic heterocycles. The zero-order valence-corrected chi connectivity index (χ0v) is 23.0. The summed E-state index contributed by atoms with van der Waals surface area (Å²) in [5.74, 6) is 0.417. The van der Waals surface area contributed by atoms with Crippen molar-refractivity contribution >= 4 is 65.4 Å². The van der Waals surface area contributed by atoms with E-state index in [4.69, 9.17) is 4.42 Å². The minimum absolute atomic E-state index is 0.0878. The maximum atomic E-state index is 13.0. The van der Waals surface area contributed by atoms with E-state index >= 15 is 0 Å². The van der Waals surface area contributed by atoms with Gasteiger partial charge in [0.1, 0.15) is 14.2 Å². The van der Waals surface area contributed by atoms with Crippen LogP contribution >= 0.6 is 22.7 Å². The van der Waals surface area contributed by atoms with E-state index in [0.717, 1.165) is 28.2 Å². The van der Waals surface area contributed by atoms with Crippen LogP contribution in [0.5, 0.6) is 0 Å². The second-order valence-corrected chi connectivity index (χ2v) is 13.9. The van der Waals surface area contributed by atoms with E-state index in [0.29, 0.717) is 28.0 Å². The summed E-state index contributed by atoms with van der Waals surface area (Å²) >= 11 is 2.20. The highest BCUT2D eigenvalue weighted by Crippen LogP contribution is 2.32. The van der Waals surface area contributed by atoms with Crippen LogP contribution in [0, 0.1) is 0 Å². The molecule has 0 saturated carbocycles. The van der Waals surface area contributed by atoms with Gasteiger partial charge in [-0.1, -0.05) is 18.2 Å². The highest BCUT2D eigenvalue weighted by atomic mass is 32.3. The molecule has 1 aromatic carbocycles. The van der Waals surface area contributed by atoms with Crippen LogP contribution in [-0.4, -0.2) is 36.6 Å². The summed E-state index contributed by atoms with van der Waals surface area (Å²) in [7, 11) is -7.64. The highest BCUT2D eigenvalue weighted by molar-refractivity contribution is 7.95. The smallest absolute Gasteiger partial charge is 0.273 e. The molecule has 0 bridgehead atoms. The first kappa shape index (κ1) is 25.2. The van der Waals surface area contributed by atoms with Crippen molar-refractivity contribution < 1.29 is 21.3 Å². The lowest BCUT2D eigenvalue weighted by Crippen LogP contribution is -2.14. The molecule has 0 fully saturated rings. The Morgan fingerprint density at radius 2 is 1.62 bits per heavy atom. The van der Waals surface area contributed by atoms with Crippen molar-refractivity contribution in [3.63, 3.8) is 0 Å². The number of nitrogens with one attached hydrogen (secondary N) is 2. The number of fused-ring (bicyclic) bond motifs is 1. The quantitative estimate of drug-likeness (QED) is 0.240. The first-order valence-corrected chi connectivity index (χ1v) is 16.0. The standard InChI is InChI=1S/C24H18N6O5S4/c31-38(32,21-5-2-10-36-21)28-19-12-16(7-8-18(19)20-4-1-9-35-20)15-30-23-17(14-26-30)13-25-24(27-23)29-39(33,34)22-6-3-11-37-22/h1-14,28H,15H2,(H,25,27,29). The van der Waals surface area contributed by atoms with E-state index in [-0.39, 0.29) is 20.9 Å². The summed E-state index contributed by atoms with van der Waals surface area (Å²) in [6.45, 7) is 0.226. The van der Waals surface area contributed by atoms with Gasteiger partial charge >= 0.3 is 0 Å². The number of anilines is 2. The van der Waals surface area contributed by atoms with E-state index in [2.05, 4.69) is 24.5 Å². The second kappa shape index (κ2) is 9.92. The molecule has 0 radical (unpaired) electrons. The summed E-state index contributed by atoms with van der Waals surface area (Å²) in [5, 5.41) is 8.35. The number of thiophene rings is 2. The van der Waals surface area contributed by atoms with E-state index in [9.17, 15) is 16.8 Å². The van der Waals surface area contributed by atoms with Crippen molar-refractivity contribution in [1.82, 2.24) is 19.7 Å². The maximum absolute atomic E-state index is 13.0. The van der Waals surface area contributed by atoms with E-state index in [1.165, 1.54) is 24.6 Å². The zero-order valence-electron chi connectivity index (χ0n) is 19.8. The third kappa shape index (κ3) is 5.16. The normalized spacial score (nSPS) is 12.1. The van der Waals surface area contributed by atoms with Crippen LogP contribution in [-0.2, 0) is 26.6 Å². The predicted octanol–water partition coefficient (Wildman–Crippen LogP) is 4.86. The number of aromatic nitrogens is 4. The van der Waals surface area contributed by atoms with E-state index < -0.39 is 20.0 Å². The molecule has 0 saturated heterocycles. The third-order valence-electron chi connectivity index (χ3n) is 5.57. The molecule has 5 heterocycles. The Hall–Kier alpha value is -4.05. The number of benzene rings is 1. The fourth-order valence-corrected chi connectivity index (χ4v) is 7.83. The molecule has 0 aliphatic carbocycles. The number of furan rings is 1. The fraction of sp³-hybridized carbons (Fsp3) is 0.0417. The molecule has 15 heteroatoms. The molecule has 6 rings (SSSR count). The van der Waals surface area contributed by atoms with Gasteiger partial charge in [0.25, 0.3) is 20.0 Å². The lowest BCUT2D eigenvalue weighted by Gasteiger charge is -2.13. The van der Waals surface area contributed by atoms with Crippen molar-refractivity contribution in [2.75, 3.05) is 9.44 Å². The Kier molecular flexibility index (Phi) is 6.42. The van der Waals surface area contributed by atoms with Crippen LogP contribution in [0.15, 0.2) is 96.8 Å². The minimum Gasteiger partial charge on any atom is -0.464 e. The van der Waals surface area contributed by atoms with Gasteiger partial charge in [0, 0.05) is 11.8 Å². The van der Waals surface area contributed by atoms with Crippen molar-refractivity contribution in [3.8, 4) is 11.3 Å². The van der Waals surface area contributed by atoms with E-state index in [1.54, 1.807) is 58.0 Å². The van der Waals surface area contributed by atoms with Crippen molar-refractivity contribution in [2.45, 2.75) is 15.0 Å². The third-order valence-corrected chi connectivity index (χ3v) is 11.1. The Morgan fingerprint density at radius 1 is 0.872 bits per heavy atom. The van der Waals surface area contributed by atoms with Gasteiger partial charge in [-0.3, -0.25) is 4.72 Å². The van der Waals surface area contributed by atoms with Crippen LogP contribution in [0.4, 0.5) is 11.6 Å². The van der Waals surface area contributed by atoms with Crippen LogP contribution in [0.1, 0.15) is 5.56 Å². The average Bonchev–Trinajstić information content (AvgIpc) is 3.72. The number of rotatable bonds is 9. The molecule has 0 amide bonds. The van der Waals surface area contributed by atoms with Crippen LogP contribution in [0.3, 0.4) is 0 Å². The molecule has 0 spiro atoms. The second-order valence-electron chi connectivity index (χ2n) is 8.21. The highest BCUT2D eigenvalue weighted by Gasteiger charge is 2.20.